The molecule has 16 rings (SSSR count). The Morgan fingerprint density at radius 3 is 0.930 bits per heavy atom. The van der Waals surface area contributed by atoms with E-state index in [0.717, 1.165) is 135 Å². The fourth-order valence-corrected chi connectivity index (χ4v) is 11.9. The first-order chi connectivity index (χ1) is 54.1. The molecule has 36 nitrogen and oxygen atoms in total. The molecule has 10 aromatic rings. The van der Waals surface area contributed by atoms with Crippen molar-refractivity contribution in [1.29, 1.82) is 0 Å². The summed E-state index contributed by atoms with van der Waals surface area (Å²) in [6, 6.07) is 0. The Kier molecular flexibility index (Phi) is 53.3. The third-order valence-corrected chi connectivity index (χ3v) is 18.1. The first-order valence-electron chi connectivity index (χ1n) is 36.5. The molecule has 0 atom stereocenters. The number of oxazole rings is 2. The quantitative estimate of drug-likeness (QED) is 0.136. The fraction of sp³-hybridized carbons (Fsp3) is 0.589. The third-order valence-electron chi connectivity index (χ3n) is 13.0. The van der Waals surface area contributed by atoms with Crippen LogP contribution in [0.4, 0.5) is 0 Å². The molecule has 0 N–H and O–H groups in total. The maximum Gasteiger partial charge on any atom is 0.223 e. The number of ether oxygens (including phenoxy) is 2. The van der Waals surface area contributed by atoms with Crippen molar-refractivity contribution in [2.24, 2.45) is 44.7 Å². The highest BCUT2D eigenvalue weighted by Gasteiger charge is 2.08. The number of rotatable bonds is 0. The van der Waals surface area contributed by atoms with Crippen molar-refractivity contribution < 1.29 is 27.4 Å². The summed E-state index contributed by atoms with van der Waals surface area (Å²) in [5.41, 5.74) is 6.65. The number of nitrogens with zero attached hydrogens (tertiary/aromatic N) is 30. The van der Waals surface area contributed by atoms with E-state index in [2.05, 4.69) is 143 Å². The van der Waals surface area contributed by atoms with Crippen molar-refractivity contribution in [3.63, 3.8) is 0 Å². The van der Waals surface area contributed by atoms with E-state index in [-0.39, 0.29) is 0 Å². The van der Waals surface area contributed by atoms with Crippen LogP contribution in [-0.2, 0) is 23.6 Å². The molecular weight excluding hydrogens is 1590 g/mol. The highest BCUT2D eigenvalue weighted by Crippen LogP contribution is 2.14. The third kappa shape index (κ3) is 58.1. The molecule has 16 heterocycles. The van der Waals surface area contributed by atoms with Crippen LogP contribution in [0.25, 0.3) is 0 Å². The Morgan fingerprint density at radius 2 is 0.783 bits per heavy atom. The van der Waals surface area contributed by atoms with E-state index in [9.17, 15) is 0 Å². The number of aromatic nitrogens is 18. The molecular formula is C73H124N30O6S6. The van der Waals surface area contributed by atoms with Crippen molar-refractivity contribution in [1.82, 2.24) is 119 Å². The first-order valence-corrected chi connectivity index (χ1v) is 41.7. The highest BCUT2D eigenvalue weighted by molar-refractivity contribution is 8.14. The SMILES string of the molecule is CC1=NN(C)CC1.CC1=NN(C)CCC1.CC1=NN(C)CCO1.CC1=NN(C)CCS1.CC1=NN(C)CO1.CC1=NN(C)CS1.Cc1coc(C)n1.Cc1coc(C)n1.Cc1csc(C)n1.Cc1csc(C)n1.Cc1ncn(C)n1.Cc1ncn(C)n1.Cc1noc(C)n1.Cc1noc(C)n1.Cc1nsc(C)n1.Cc1nsc(C)n1. The number of hydrazone groups is 6. The van der Waals surface area contributed by atoms with Gasteiger partial charge >= 0.3 is 0 Å². The molecule has 115 heavy (non-hydrogen) atoms. The smallest absolute Gasteiger partial charge is 0.223 e. The molecule has 0 unspecified atom stereocenters. The maximum atomic E-state index is 5.06. The number of hydrogen-bond donors (Lipinski definition) is 0. The molecule has 42 heteroatoms. The molecule has 0 aromatic carbocycles. The molecule has 10 aromatic heterocycles. The van der Waals surface area contributed by atoms with Gasteiger partial charge in [0.05, 0.1) is 43.9 Å². The normalized spacial score (nSPS) is 13.6. The highest BCUT2D eigenvalue weighted by atomic mass is 32.2. The lowest BCUT2D eigenvalue weighted by Crippen LogP contribution is -2.25. The van der Waals surface area contributed by atoms with Gasteiger partial charge in [-0.1, -0.05) is 22.1 Å². The molecule has 0 radical (unpaired) electrons. The first kappa shape index (κ1) is 103. The predicted molar refractivity (Wildman–Crippen MR) is 468 cm³/mol. The average Bonchev–Trinajstić information content (AvgIpc) is 1.65. The van der Waals surface area contributed by atoms with Gasteiger partial charge in [-0.3, -0.25) is 34.4 Å². The lowest BCUT2D eigenvalue weighted by atomic mass is 10.2. The summed E-state index contributed by atoms with van der Waals surface area (Å²) in [5, 5.41) is 61.8. The van der Waals surface area contributed by atoms with E-state index in [1.165, 1.54) is 63.2 Å². The van der Waals surface area contributed by atoms with Crippen LogP contribution in [0.3, 0.4) is 0 Å². The molecule has 6 aliphatic heterocycles. The predicted octanol–water partition coefficient (Wildman–Crippen LogP) is 14.3. The largest absolute Gasteiger partial charge is 0.478 e. The van der Waals surface area contributed by atoms with E-state index in [1.54, 1.807) is 102 Å². The zero-order valence-electron chi connectivity index (χ0n) is 73.6. The molecule has 0 bridgehead atoms. The minimum absolute atomic E-state index is 0.603. The second-order valence-electron chi connectivity index (χ2n) is 25.5. The van der Waals surface area contributed by atoms with E-state index in [1.807, 2.05) is 218 Å². The van der Waals surface area contributed by atoms with Crippen molar-refractivity contribution in [3.05, 3.63) is 137 Å². The van der Waals surface area contributed by atoms with Gasteiger partial charge in [-0.15, -0.1) is 44.6 Å². The van der Waals surface area contributed by atoms with Crippen LogP contribution < -0.4 is 0 Å². The standard InChI is InChI=1S/C6H12N2.C5H10N2O.C5H10N2S.C5H10N2.2C5H7NO.2C5H7NS.2C4H7N3.C4H8N2O.2C4H6N2O.C4H8N2S.2C4H6N2S/c1-6-4-3-5-8(2)7-6;2*1-5-6-7(2)3-4-8-5;1-5-3-4-7(2)6-5;4*1-4-3-7-5(2)6-4;2*1-4-5-3-7(2)6-4;1-4-5-6(2)3-7-4;2*1-3-5-4(2)7-6-3;1-4-5-6(2)3-7-4;2*1-3-5-4(2)7-6-3/h3-5H2,1-2H3;2*3-4H2,1-2H3;3-4H2,1-2H3;6*3H,1-2H3;3H2,1-2H3;2*1-2H3;3H2,1-2H3;2*1-2H3. The van der Waals surface area contributed by atoms with Gasteiger partial charge < -0.3 is 32.4 Å². The topological polar surface area (TPSA) is 381 Å². The minimum atomic E-state index is 0.603. The van der Waals surface area contributed by atoms with Crippen molar-refractivity contribution >= 4 is 103 Å². The van der Waals surface area contributed by atoms with Crippen LogP contribution in [0.1, 0.15) is 162 Å². The monoisotopic (exact) mass is 1710 g/mol. The Bertz CT molecular complexity index is 3460. The van der Waals surface area contributed by atoms with Crippen LogP contribution >= 0.6 is 69.3 Å². The minimum Gasteiger partial charge on any atom is -0.478 e. The van der Waals surface area contributed by atoms with Crippen LogP contribution in [0.2, 0.25) is 0 Å². The van der Waals surface area contributed by atoms with E-state index in [0.29, 0.717) is 30.2 Å². The molecule has 0 amide bonds. The van der Waals surface area contributed by atoms with Gasteiger partial charge in [-0.2, -0.15) is 49.3 Å². The van der Waals surface area contributed by atoms with Gasteiger partial charge in [0.1, 0.15) is 65.1 Å². The summed E-state index contributed by atoms with van der Waals surface area (Å²) in [4.78, 5) is 39.6. The van der Waals surface area contributed by atoms with Gasteiger partial charge in [0.2, 0.25) is 23.6 Å². The van der Waals surface area contributed by atoms with Gasteiger partial charge in [0, 0.05) is 163 Å². The summed E-state index contributed by atoms with van der Waals surface area (Å²) in [7, 11) is 15.5. The van der Waals surface area contributed by atoms with E-state index >= 15 is 0 Å². The number of likely N-dealkylation sites (N-methyl/N-ethyl adjacent to an activating group) is 1. The summed E-state index contributed by atoms with van der Waals surface area (Å²) in [6.45, 7) is 51.5. The molecule has 0 saturated heterocycles. The fourth-order valence-electron chi connectivity index (χ4n) is 8.31. The van der Waals surface area contributed by atoms with Crippen molar-refractivity contribution in [2.75, 3.05) is 93.4 Å². The number of aryl methyl sites for hydroxylation is 20. The van der Waals surface area contributed by atoms with Crippen molar-refractivity contribution in [2.45, 2.75) is 185 Å². The molecule has 0 saturated carbocycles. The Balaban J connectivity index is 0.000000613. The van der Waals surface area contributed by atoms with Crippen molar-refractivity contribution in [3.8, 4) is 0 Å². The molecule has 6 aliphatic rings. The van der Waals surface area contributed by atoms with Gasteiger partial charge in [0.15, 0.2) is 30.2 Å². The lowest BCUT2D eigenvalue weighted by molar-refractivity contribution is 0.189. The molecule has 0 spiro atoms. The summed E-state index contributed by atoms with van der Waals surface area (Å²) in [5.74, 6) is 11.2. The molecule has 0 fully saturated rings. The van der Waals surface area contributed by atoms with E-state index < -0.39 is 0 Å². The summed E-state index contributed by atoms with van der Waals surface area (Å²) < 4.78 is 40.2. The number of thioether (sulfide) groups is 2. The van der Waals surface area contributed by atoms with Gasteiger partial charge in [-0.25, -0.2) is 39.9 Å². The van der Waals surface area contributed by atoms with Crippen LogP contribution in [-0.4, -0.2) is 245 Å². The second kappa shape index (κ2) is 59.2. The Morgan fingerprint density at radius 1 is 0.357 bits per heavy atom. The van der Waals surface area contributed by atoms with E-state index in [4.69, 9.17) is 18.3 Å². The second-order valence-corrected chi connectivity index (χ2v) is 32.0. The zero-order valence-corrected chi connectivity index (χ0v) is 78.5. The molecule has 0 aliphatic carbocycles. The zero-order chi connectivity index (χ0) is 86.5. The average molecular weight is 1710 g/mol. The van der Waals surface area contributed by atoms with Crippen LogP contribution in [0, 0.1) is 125 Å². The van der Waals surface area contributed by atoms with Gasteiger partial charge in [0.25, 0.3) is 0 Å². The van der Waals surface area contributed by atoms with Crippen LogP contribution in [0.5, 0.6) is 0 Å². The number of thiazole rings is 2. The maximum absolute atomic E-state index is 5.06. The molecule has 638 valence electrons. The Hall–Kier alpha value is -9.52. The Labute approximate surface area is 704 Å². The summed E-state index contributed by atoms with van der Waals surface area (Å²) >= 11 is 9.88. The van der Waals surface area contributed by atoms with Crippen LogP contribution in [0.15, 0.2) is 84.4 Å². The van der Waals surface area contributed by atoms with Gasteiger partial charge in [-0.05, 0) is 161 Å². The summed E-state index contributed by atoms with van der Waals surface area (Å²) in [6.07, 6.45) is 10.2. The number of hydrogen-bond acceptors (Lipinski definition) is 40. The lowest BCUT2D eigenvalue weighted by Gasteiger charge is -2.19.